The van der Waals surface area contributed by atoms with E-state index in [1.54, 1.807) is 0 Å². The third-order valence-corrected chi connectivity index (χ3v) is 3.07. The number of aromatic nitrogens is 2. The van der Waals surface area contributed by atoms with E-state index in [9.17, 15) is 4.79 Å². The standard InChI is InChI=1S/C10H15ClN4O/c1-15(7-2-3-7)5-4-12-9-8(11)10(16)14-6-13-9/h6-7H,2-5H2,1H3,(H2,12,13,14,16). The Labute approximate surface area is 98.8 Å². The number of nitrogens with zero attached hydrogens (tertiary/aromatic N) is 2. The monoisotopic (exact) mass is 242 g/mol. The van der Waals surface area contributed by atoms with E-state index in [2.05, 4.69) is 27.2 Å². The Kier molecular flexibility index (Phi) is 3.46. The molecule has 0 aromatic carbocycles. The molecule has 1 aliphatic carbocycles. The van der Waals surface area contributed by atoms with E-state index < -0.39 is 0 Å². The summed E-state index contributed by atoms with van der Waals surface area (Å²) >= 11 is 5.80. The molecule has 5 nitrogen and oxygen atoms in total. The molecule has 1 aromatic rings. The fourth-order valence-electron chi connectivity index (χ4n) is 1.55. The molecule has 1 fully saturated rings. The number of likely N-dealkylation sites (N-methyl/N-ethyl adjacent to an activating group) is 1. The van der Waals surface area contributed by atoms with Gasteiger partial charge in [-0.05, 0) is 19.9 Å². The number of H-pyrrole nitrogens is 1. The van der Waals surface area contributed by atoms with E-state index in [0.717, 1.165) is 19.1 Å². The van der Waals surface area contributed by atoms with Crippen molar-refractivity contribution in [2.24, 2.45) is 0 Å². The Morgan fingerprint density at radius 3 is 3.12 bits per heavy atom. The van der Waals surface area contributed by atoms with Crippen LogP contribution in [0.15, 0.2) is 11.1 Å². The molecule has 16 heavy (non-hydrogen) atoms. The van der Waals surface area contributed by atoms with Crippen molar-refractivity contribution in [1.29, 1.82) is 0 Å². The van der Waals surface area contributed by atoms with Gasteiger partial charge in [-0.15, -0.1) is 0 Å². The quantitative estimate of drug-likeness (QED) is 0.807. The number of aromatic amines is 1. The summed E-state index contributed by atoms with van der Waals surface area (Å²) in [7, 11) is 2.10. The fourth-order valence-corrected chi connectivity index (χ4v) is 1.72. The Hall–Kier alpha value is -1.07. The number of nitrogens with one attached hydrogen (secondary N) is 2. The van der Waals surface area contributed by atoms with Crippen LogP contribution in [0.4, 0.5) is 5.82 Å². The fraction of sp³-hybridized carbons (Fsp3) is 0.600. The first kappa shape index (κ1) is 11.4. The van der Waals surface area contributed by atoms with Crippen molar-refractivity contribution >= 4 is 17.4 Å². The normalized spacial score (nSPS) is 15.4. The van der Waals surface area contributed by atoms with Crippen molar-refractivity contribution < 1.29 is 0 Å². The van der Waals surface area contributed by atoms with Crippen molar-refractivity contribution in [3.05, 3.63) is 21.7 Å². The Balaban J connectivity index is 1.84. The molecule has 2 N–H and O–H groups in total. The Morgan fingerprint density at radius 2 is 2.44 bits per heavy atom. The first-order valence-corrected chi connectivity index (χ1v) is 5.73. The molecule has 0 spiro atoms. The van der Waals surface area contributed by atoms with Crippen LogP contribution in [0, 0.1) is 0 Å². The van der Waals surface area contributed by atoms with E-state index >= 15 is 0 Å². The molecule has 0 unspecified atom stereocenters. The molecule has 0 bridgehead atoms. The zero-order valence-corrected chi connectivity index (χ0v) is 9.92. The summed E-state index contributed by atoms with van der Waals surface area (Å²) in [6.45, 7) is 1.67. The molecular weight excluding hydrogens is 228 g/mol. The largest absolute Gasteiger partial charge is 0.367 e. The zero-order chi connectivity index (χ0) is 11.5. The number of rotatable bonds is 5. The third-order valence-electron chi connectivity index (χ3n) is 2.72. The molecule has 0 amide bonds. The lowest BCUT2D eigenvalue weighted by molar-refractivity contribution is 0.337. The van der Waals surface area contributed by atoms with Gasteiger partial charge in [0.1, 0.15) is 5.02 Å². The molecule has 2 rings (SSSR count). The van der Waals surface area contributed by atoms with E-state index in [1.165, 1.54) is 19.2 Å². The van der Waals surface area contributed by atoms with Gasteiger partial charge >= 0.3 is 0 Å². The first-order valence-electron chi connectivity index (χ1n) is 5.36. The van der Waals surface area contributed by atoms with Crippen LogP contribution in [0.5, 0.6) is 0 Å². The van der Waals surface area contributed by atoms with E-state index in [1.807, 2.05) is 0 Å². The van der Waals surface area contributed by atoms with Gasteiger partial charge in [0.05, 0.1) is 6.33 Å². The molecule has 1 saturated carbocycles. The van der Waals surface area contributed by atoms with Gasteiger partial charge in [0, 0.05) is 19.1 Å². The number of hydrogen-bond donors (Lipinski definition) is 2. The van der Waals surface area contributed by atoms with Crippen LogP contribution in [0.1, 0.15) is 12.8 Å². The van der Waals surface area contributed by atoms with Crippen molar-refractivity contribution in [3.8, 4) is 0 Å². The minimum atomic E-state index is -0.310. The summed E-state index contributed by atoms with van der Waals surface area (Å²) in [5, 5.41) is 3.18. The topological polar surface area (TPSA) is 61.0 Å². The van der Waals surface area contributed by atoms with Crippen molar-refractivity contribution in [3.63, 3.8) is 0 Å². The van der Waals surface area contributed by atoms with Gasteiger partial charge in [-0.1, -0.05) is 11.6 Å². The third kappa shape index (κ3) is 2.74. The average molecular weight is 243 g/mol. The van der Waals surface area contributed by atoms with E-state index in [0.29, 0.717) is 5.82 Å². The summed E-state index contributed by atoms with van der Waals surface area (Å²) in [6.07, 6.45) is 3.93. The van der Waals surface area contributed by atoms with Crippen LogP contribution in [0.25, 0.3) is 0 Å². The summed E-state index contributed by atoms with van der Waals surface area (Å²) < 4.78 is 0. The second-order valence-electron chi connectivity index (χ2n) is 4.03. The van der Waals surface area contributed by atoms with Crippen molar-refractivity contribution in [1.82, 2.24) is 14.9 Å². The number of halogens is 1. The van der Waals surface area contributed by atoms with Gasteiger partial charge in [0.25, 0.3) is 5.56 Å². The molecule has 1 heterocycles. The molecule has 6 heteroatoms. The van der Waals surface area contributed by atoms with Crippen LogP contribution in [-0.2, 0) is 0 Å². The highest BCUT2D eigenvalue weighted by Gasteiger charge is 2.25. The SMILES string of the molecule is CN(CCNc1nc[nH]c(=O)c1Cl)C1CC1. The predicted molar refractivity (Wildman–Crippen MR) is 64.0 cm³/mol. The molecule has 88 valence electrons. The van der Waals surface area contributed by atoms with Gasteiger partial charge in [0.2, 0.25) is 0 Å². The van der Waals surface area contributed by atoms with Gasteiger partial charge in [0.15, 0.2) is 5.82 Å². The van der Waals surface area contributed by atoms with Crippen LogP contribution in [0.2, 0.25) is 5.02 Å². The molecule has 1 aromatic heterocycles. The van der Waals surface area contributed by atoms with Crippen LogP contribution < -0.4 is 10.9 Å². The van der Waals surface area contributed by atoms with Crippen molar-refractivity contribution in [2.75, 3.05) is 25.5 Å². The van der Waals surface area contributed by atoms with Gasteiger partial charge in [-0.25, -0.2) is 4.98 Å². The van der Waals surface area contributed by atoms with E-state index in [4.69, 9.17) is 11.6 Å². The van der Waals surface area contributed by atoms with Crippen LogP contribution in [-0.4, -0.2) is 41.0 Å². The van der Waals surface area contributed by atoms with Crippen LogP contribution >= 0.6 is 11.6 Å². The molecule has 0 atom stereocenters. The maximum Gasteiger partial charge on any atom is 0.271 e. The second kappa shape index (κ2) is 4.84. The summed E-state index contributed by atoms with van der Waals surface area (Å²) in [6, 6.07) is 0.740. The molecular formula is C10H15ClN4O. The Bertz CT molecular complexity index is 416. The molecule has 0 aliphatic heterocycles. The number of anilines is 1. The maximum atomic E-state index is 11.2. The maximum absolute atomic E-state index is 11.2. The van der Waals surface area contributed by atoms with Crippen molar-refractivity contribution in [2.45, 2.75) is 18.9 Å². The highest BCUT2D eigenvalue weighted by atomic mass is 35.5. The summed E-state index contributed by atoms with van der Waals surface area (Å²) in [5.74, 6) is 0.453. The smallest absolute Gasteiger partial charge is 0.271 e. The molecule has 0 radical (unpaired) electrons. The van der Waals surface area contributed by atoms with Crippen LogP contribution in [0.3, 0.4) is 0 Å². The second-order valence-corrected chi connectivity index (χ2v) is 4.41. The highest BCUT2D eigenvalue weighted by Crippen LogP contribution is 2.24. The number of hydrogen-bond acceptors (Lipinski definition) is 4. The Morgan fingerprint density at radius 1 is 1.69 bits per heavy atom. The highest BCUT2D eigenvalue weighted by molar-refractivity contribution is 6.32. The lowest BCUT2D eigenvalue weighted by atomic mass is 10.5. The summed E-state index contributed by atoms with van der Waals surface area (Å²) in [4.78, 5) is 19.9. The lowest BCUT2D eigenvalue weighted by Gasteiger charge is -2.15. The molecule has 1 aliphatic rings. The lowest BCUT2D eigenvalue weighted by Crippen LogP contribution is -2.27. The predicted octanol–water partition coefficient (Wildman–Crippen LogP) is 0.929. The van der Waals surface area contributed by atoms with E-state index in [-0.39, 0.29) is 10.6 Å². The van der Waals surface area contributed by atoms with Gasteiger partial charge in [-0.2, -0.15) is 0 Å². The summed E-state index contributed by atoms with van der Waals surface area (Å²) in [5.41, 5.74) is -0.310. The minimum absolute atomic E-state index is 0.122. The zero-order valence-electron chi connectivity index (χ0n) is 9.16. The minimum Gasteiger partial charge on any atom is -0.367 e. The first-order chi connectivity index (χ1) is 7.68. The average Bonchev–Trinajstić information content (AvgIpc) is 3.07. The van der Waals surface area contributed by atoms with Gasteiger partial charge < -0.3 is 15.2 Å². The van der Waals surface area contributed by atoms with Gasteiger partial charge in [-0.3, -0.25) is 4.79 Å². The molecule has 0 saturated heterocycles.